The molecule has 1 N–H and O–H groups in total. The standard InChI is InChI=1S/C11H23NOS/c1-3-14-8-4-7-13-11-9-12-6-5-10(11)2/h10-12H,3-9H2,1-2H3. The quantitative estimate of drug-likeness (QED) is 0.689. The van der Waals surface area contributed by atoms with Gasteiger partial charge in [0.15, 0.2) is 0 Å². The Labute approximate surface area is 92.2 Å². The first-order chi connectivity index (χ1) is 6.84. The molecule has 0 saturated carbocycles. The Kier molecular flexibility index (Phi) is 6.65. The number of thioether (sulfide) groups is 1. The van der Waals surface area contributed by atoms with Crippen molar-refractivity contribution in [1.29, 1.82) is 0 Å². The molecule has 1 heterocycles. The molecule has 1 aliphatic rings. The summed E-state index contributed by atoms with van der Waals surface area (Å²) in [4.78, 5) is 0. The van der Waals surface area contributed by atoms with Crippen molar-refractivity contribution in [1.82, 2.24) is 5.32 Å². The van der Waals surface area contributed by atoms with Gasteiger partial charge in [0.05, 0.1) is 6.10 Å². The van der Waals surface area contributed by atoms with E-state index >= 15 is 0 Å². The van der Waals surface area contributed by atoms with Crippen LogP contribution < -0.4 is 5.32 Å². The summed E-state index contributed by atoms with van der Waals surface area (Å²) in [6, 6.07) is 0. The van der Waals surface area contributed by atoms with Crippen LogP contribution in [0.1, 0.15) is 26.7 Å². The van der Waals surface area contributed by atoms with E-state index in [0.717, 1.165) is 25.6 Å². The van der Waals surface area contributed by atoms with Crippen molar-refractivity contribution in [3.63, 3.8) is 0 Å². The Morgan fingerprint density at radius 2 is 2.36 bits per heavy atom. The smallest absolute Gasteiger partial charge is 0.0725 e. The van der Waals surface area contributed by atoms with Crippen LogP contribution in [0.2, 0.25) is 0 Å². The molecule has 2 atom stereocenters. The van der Waals surface area contributed by atoms with E-state index in [1.807, 2.05) is 11.8 Å². The zero-order valence-electron chi connectivity index (χ0n) is 9.42. The highest BCUT2D eigenvalue weighted by molar-refractivity contribution is 7.99. The third-order valence-electron chi connectivity index (χ3n) is 2.73. The predicted octanol–water partition coefficient (Wildman–Crippen LogP) is 2.14. The minimum absolute atomic E-state index is 0.454. The molecule has 84 valence electrons. The second kappa shape index (κ2) is 7.55. The van der Waals surface area contributed by atoms with Crippen LogP contribution in [0.25, 0.3) is 0 Å². The third kappa shape index (κ3) is 4.67. The van der Waals surface area contributed by atoms with Crippen molar-refractivity contribution < 1.29 is 4.74 Å². The largest absolute Gasteiger partial charge is 0.377 e. The summed E-state index contributed by atoms with van der Waals surface area (Å²) in [5, 5.41) is 3.39. The maximum absolute atomic E-state index is 5.87. The molecular formula is C11H23NOS. The van der Waals surface area contributed by atoms with E-state index in [1.54, 1.807) is 0 Å². The fourth-order valence-electron chi connectivity index (χ4n) is 1.72. The molecule has 14 heavy (non-hydrogen) atoms. The van der Waals surface area contributed by atoms with Gasteiger partial charge in [0, 0.05) is 13.2 Å². The molecule has 2 nitrogen and oxygen atoms in total. The molecule has 1 aliphatic heterocycles. The van der Waals surface area contributed by atoms with Gasteiger partial charge < -0.3 is 10.1 Å². The fraction of sp³-hybridized carbons (Fsp3) is 1.00. The number of ether oxygens (including phenoxy) is 1. The Bertz CT molecular complexity index is 143. The topological polar surface area (TPSA) is 21.3 Å². The third-order valence-corrected chi connectivity index (χ3v) is 3.71. The van der Waals surface area contributed by atoms with Gasteiger partial charge in [-0.15, -0.1) is 0 Å². The normalized spacial score (nSPS) is 27.9. The van der Waals surface area contributed by atoms with E-state index in [2.05, 4.69) is 19.2 Å². The van der Waals surface area contributed by atoms with Crippen LogP contribution in [-0.2, 0) is 4.74 Å². The molecule has 0 aromatic heterocycles. The first-order valence-corrected chi connectivity index (χ1v) is 6.90. The molecule has 1 saturated heterocycles. The highest BCUT2D eigenvalue weighted by atomic mass is 32.2. The van der Waals surface area contributed by atoms with Crippen molar-refractivity contribution in [2.45, 2.75) is 32.8 Å². The van der Waals surface area contributed by atoms with Gasteiger partial charge in [-0.2, -0.15) is 11.8 Å². The molecule has 2 unspecified atom stereocenters. The molecule has 0 aromatic rings. The van der Waals surface area contributed by atoms with Gasteiger partial charge in [0.2, 0.25) is 0 Å². The molecule has 0 aromatic carbocycles. The van der Waals surface area contributed by atoms with Crippen LogP contribution in [0, 0.1) is 5.92 Å². The lowest BCUT2D eigenvalue weighted by Gasteiger charge is -2.29. The number of hydrogen-bond acceptors (Lipinski definition) is 3. The maximum Gasteiger partial charge on any atom is 0.0725 e. The zero-order chi connectivity index (χ0) is 10.2. The first-order valence-electron chi connectivity index (χ1n) is 5.74. The monoisotopic (exact) mass is 217 g/mol. The molecule has 1 rings (SSSR count). The molecule has 0 bridgehead atoms. The van der Waals surface area contributed by atoms with Crippen LogP contribution in [0.5, 0.6) is 0 Å². The summed E-state index contributed by atoms with van der Waals surface area (Å²) in [5.41, 5.74) is 0. The molecule has 0 amide bonds. The number of rotatable bonds is 6. The van der Waals surface area contributed by atoms with Gasteiger partial charge in [0.1, 0.15) is 0 Å². The van der Waals surface area contributed by atoms with Crippen molar-refractivity contribution in [3.8, 4) is 0 Å². The van der Waals surface area contributed by atoms with E-state index in [1.165, 1.54) is 24.3 Å². The van der Waals surface area contributed by atoms with Crippen molar-refractivity contribution in [3.05, 3.63) is 0 Å². The minimum Gasteiger partial charge on any atom is -0.377 e. The van der Waals surface area contributed by atoms with Crippen LogP contribution in [0.15, 0.2) is 0 Å². The lowest BCUT2D eigenvalue weighted by Crippen LogP contribution is -2.41. The second-order valence-electron chi connectivity index (χ2n) is 3.93. The van der Waals surface area contributed by atoms with Gasteiger partial charge in [-0.25, -0.2) is 0 Å². The first kappa shape index (κ1) is 12.3. The molecule has 0 radical (unpaired) electrons. The van der Waals surface area contributed by atoms with Crippen LogP contribution in [0.3, 0.4) is 0 Å². The summed E-state index contributed by atoms with van der Waals surface area (Å²) in [7, 11) is 0. The lowest BCUT2D eigenvalue weighted by molar-refractivity contribution is 0.00489. The molecular weight excluding hydrogens is 194 g/mol. The summed E-state index contributed by atoms with van der Waals surface area (Å²) in [6.07, 6.45) is 2.91. The Hall–Kier alpha value is 0.270. The molecule has 0 spiro atoms. The van der Waals surface area contributed by atoms with E-state index < -0.39 is 0 Å². The molecule has 0 aliphatic carbocycles. The van der Waals surface area contributed by atoms with Crippen LogP contribution >= 0.6 is 11.8 Å². The van der Waals surface area contributed by atoms with Crippen LogP contribution in [0.4, 0.5) is 0 Å². The van der Waals surface area contributed by atoms with E-state index in [0.29, 0.717) is 6.10 Å². The van der Waals surface area contributed by atoms with E-state index in [-0.39, 0.29) is 0 Å². The van der Waals surface area contributed by atoms with E-state index in [4.69, 9.17) is 4.74 Å². The van der Waals surface area contributed by atoms with Crippen molar-refractivity contribution >= 4 is 11.8 Å². The summed E-state index contributed by atoms with van der Waals surface area (Å²) >= 11 is 2.00. The summed E-state index contributed by atoms with van der Waals surface area (Å²) < 4.78 is 5.87. The van der Waals surface area contributed by atoms with Crippen molar-refractivity contribution in [2.75, 3.05) is 31.2 Å². The SMILES string of the molecule is CCSCCCOC1CNCCC1C. The zero-order valence-corrected chi connectivity index (χ0v) is 10.2. The average Bonchev–Trinajstić information content (AvgIpc) is 2.20. The summed E-state index contributed by atoms with van der Waals surface area (Å²) in [5.74, 6) is 3.20. The lowest BCUT2D eigenvalue weighted by atomic mass is 9.97. The second-order valence-corrected chi connectivity index (χ2v) is 5.32. The maximum atomic E-state index is 5.87. The van der Waals surface area contributed by atoms with E-state index in [9.17, 15) is 0 Å². The highest BCUT2D eigenvalue weighted by Crippen LogP contribution is 2.15. The van der Waals surface area contributed by atoms with Gasteiger partial charge in [-0.1, -0.05) is 13.8 Å². The Balaban J connectivity index is 1.99. The Morgan fingerprint density at radius 3 is 3.07 bits per heavy atom. The summed E-state index contributed by atoms with van der Waals surface area (Å²) in [6.45, 7) is 7.64. The number of hydrogen-bond donors (Lipinski definition) is 1. The van der Waals surface area contributed by atoms with Gasteiger partial charge in [0.25, 0.3) is 0 Å². The fourth-order valence-corrected chi connectivity index (χ4v) is 2.34. The minimum atomic E-state index is 0.454. The average molecular weight is 217 g/mol. The number of nitrogens with one attached hydrogen (secondary N) is 1. The highest BCUT2D eigenvalue weighted by Gasteiger charge is 2.20. The van der Waals surface area contributed by atoms with Gasteiger partial charge in [-0.3, -0.25) is 0 Å². The molecule has 1 fully saturated rings. The van der Waals surface area contributed by atoms with Crippen molar-refractivity contribution in [2.24, 2.45) is 5.92 Å². The molecule has 3 heteroatoms. The van der Waals surface area contributed by atoms with Gasteiger partial charge in [-0.05, 0) is 36.8 Å². The predicted molar refractivity (Wildman–Crippen MR) is 64.0 cm³/mol. The number of piperidine rings is 1. The van der Waals surface area contributed by atoms with Gasteiger partial charge >= 0.3 is 0 Å². The Morgan fingerprint density at radius 1 is 1.50 bits per heavy atom. The van der Waals surface area contributed by atoms with Crippen LogP contribution in [-0.4, -0.2) is 37.3 Å².